The van der Waals surface area contributed by atoms with Crippen LogP contribution in [0.2, 0.25) is 5.02 Å². The van der Waals surface area contributed by atoms with Crippen molar-refractivity contribution < 1.29 is 4.79 Å². The van der Waals surface area contributed by atoms with Gasteiger partial charge in [-0.25, -0.2) is 0 Å². The first-order chi connectivity index (χ1) is 13.6. The highest BCUT2D eigenvalue weighted by atomic mass is 35.5. The number of carbonyl (C=O) groups excluding carboxylic acids is 1. The standard InChI is InChI=1S/C23H23ClN2O2/c1-2-3-15-26(20-10-5-4-6-11-20)23(28)19-13-14-22(27)25(17-19)16-18-9-7-8-12-21(18)24/h4-14,17H,2-3,15-16H2,1H3. The van der Waals surface area contributed by atoms with Crippen molar-refractivity contribution in [1.29, 1.82) is 0 Å². The highest BCUT2D eigenvalue weighted by molar-refractivity contribution is 6.31. The summed E-state index contributed by atoms with van der Waals surface area (Å²) in [5, 5.41) is 0.597. The first kappa shape index (κ1) is 19.9. The summed E-state index contributed by atoms with van der Waals surface area (Å²) in [5.41, 5.74) is 1.99. The average molecular weight is 395 g/mol. The van der Waals surface area contributed by atoms with E-state index in [4.69, 9.17) is 11.6 Å². The topological polar surface area (TPSA) is 42.3 Å². The zero-order valence-electron chi connectivity index (χ0n) is 15.8. The number of unbranched alkanes of at least 4 members (excludes halogenated alkanes) is 1. The van der Waals surface area contributed by atoms with Gasteiger partial charge in [-0.05, 0) is 36.2 Å². The lowest BCUT2D eigenvalue weighted by Gasteiger charge is -2.23. The molecule has 2 aromatic carbocycles. The highest BCUT2D eigenvalue weighted by Gasteiger charge is 2.18. The van der Waals surface area contributed by atoms with Crippen LogP contribution in [0.25, 0.3) is 0 Å². The van der Waals surface area contributed by atoms with E-state index in [2.05, 4.69) is 6.92 Å². The van der Waals surface area contributed by atoms with Gasteiger partial charge in [0.05, 0.1) is 12.1 Å². The van der Waals surface area contributed by atoms with Gasteiger partial charge in [0, 0.05) is 29.5 Å². The lowest BCUT2D eigenvalue weighted by atomic mass is 10.2. The van der Waals surface area contributed by atoms with E-state index in [9.17, 15) is 9.59 Å². The summed E-state index contributed by atoms with van der Waals surface area (Å²) in [6, 6.07) is 20.0. The van der Waals surface area contributed by atoms with Crippen molar-refractivity contribution in [2.75, 3.05) is 11.4 Å². The Morgan fingerprint density at radius 3 is 2.43 bits per heavy atom. The Bertz CT molecular complexity index is 999. The number of hydrogen-bond acceptors (Lipinski definition) is 2. The third-order valence-electron chi connectivity index (χ3n) is 4.58. The van der Waals surface area contributed by atoms with Gasteiger partial charge in [0.25, 0.3) is 11.5 Å². The molecule has 5 heteroatoms. The monoisotopic (exact) mass is 394 g/mol. The minimum Gasteiger partial charge on any atom is -0.310 e. The summed E-state index contributed by atoms with van der Waals surface area (Å²) in [7, 11) is 0. The molecule has 0 atom stereocenters. The van der Waals surface area contributed by atoms with Crippen LogP contribution in [0.1, 0.15) is 35.7 Å². The molecule has 1 heterocycles. The maximum atomic E-state index is 13.2. The predicted octanol–water partition coefficient (Wildman–Crippen LogP) is 5.00. The molecule has 0 bridgehead atoms. The lowest BCUT2D eigenvalue weighted by Crippen LogP contribution is -2.33. The van der Waals surface area contributed by atoms with Crippen LogP contribution in [0.15, 0.2) is 77.7 Å². The minimum atomic E-state index is -0.170. The van der Waals surface area contributed by atoms with Crippen molar-refractivity contribution in [2.24, 2.45) is 0 Å². The Morgan fingerprint density at radius 1 is 1.00 bits per heavy atom. The fraction of sp³-hybridized carbons (Fsp3) is 0.217. The molecule has 0 unspecified atom stereocenters. The number of carbonyl (C=O) groups is 1. The molecule has 144 valence electrons. The van der Waals surface area contributed by atoms with Crippen molar-refractivity contribution in [3.63, 3.8) is 0 Å². The normalized spacial score (nSPS) is 10.6. The molecule has 4 nitrogen and oxygen atoms in total. The fourth-order valence-electron chi connectivity index (χ4n) is 3.02. The molecule has 0 aliphatic carbocycles. The van der Waals surface area contributed by atoms with E-state index in [0.717, 1.165) is 24.1 Å². The zero-order chi connectivity index (χ0) is 19.9. The maximum absolute atomic E-state index is 13.2. The predicted molar refractivity (Wildman–Crippen MR) is 114 cm³/mol. The molecule has 0 radical (unpaired) electrons. The van der Waals surface area contributed by atoms with Gasteiger partial charge in [-0.3, -0.25) is 9.59 Å². The van der Waals surface area contributed by atoms with Gasteiger partial charge >= 0.3 is 0 Å². The molecular weight excluding hydrogens is 372 g/mol. The molecule has 0 saturated heterocycles. The third-order valence-corrected chi connectivity index (χ3v) is 4.95. The maximum Gasteiger partial charge on any atom is 0.259 e. The van der Waals surface area contributed by atoms with Gasteiger partial charge in [0.15, 0.2) is 0 Å². The third kappa shape index (κ3) is 4.70. The van der Waals surface area contributed by atoms with Crippen LogP contribution in [0.3, 0.4) is 0 Å². The van der Waals surface area contributed by atoms with Crippen molar-refractivity contribution in [3.8, 4) is 0 Å². The molecule has 0 aliphatic heterocycles. The summed E-state index contributed by atoms with van der Waals surface area (Å²) in [6.07, 6.45) is 3.51. The quantitative estimate of drug-likeness (QED) is 0.566. The number of para-hydroxylation sites is 1. The second-order valence-electron chi connectivity index (χ2n) is 6.62. The summed E-state index contributed by atoms with van der Waals surface area (Å²) in [6.45, 7) is 3.04. The van der Waals surface area contributed by atoms with Crippen molar-refractivity contribution in [3.05, 3.63) is 99.4 Å². The van der Waals surface area contributed by atoms with Crippen molar-refractivity contribution in [1.82, 2.24) is 4.57 Å². The molecular formula is C23H23ClN2O2. The largest absolute Gasteiger partial charge is 0.310 e. The molecule has 3 aromatic rings. The molecule has 0 saturated carbocycles. The Labute approximate surface area is 170 Å². The van der Waals surface area contributed by atoms with Crippen LogP contribution in [0.4, 0.5) is 5.69 Å². The van der Waals surface area contributed by atoms with E-state index >= 15 is 0 Å². The molecule has 0 aliphatic rings. The Balaban J connectivity index is 1.92. The molecule has 1 amide bonds. The Morgan fingerprint density at radius 2 is 1.71 bits per heavy atom. The number of benzene rings is 2. The first-order valence-corrected chi connectivity index (χ1v) is 9.78. The Hall–Kier alpha value is -2.85. The lowest BCUT2D eigenvalue weighted by molar-refractivity contribution is 0.0985. The SMILES string of the molecule is CCCCN(C(=O)c1ccc(=O)n(Cc2ccccc2Cl)c1)c1ccccc1. The summed E-state index contributed by atoms with van der Waals surface area (Å²) in [5.74, 6) is -0.118. The van der Waals surface area contributed by atoms with E-state index in [1.54, 1.807) is 23.2 Å². The summed E-state index contributed by atoms with van der Waals surface area (Å²) < 4.78 is 1.53. The number of halogens is 1. The van der Waals surface area contributed by atoms with Crippen molar-refractivity contribution >= 4 is 23.2 Å². The number of rotatable bonds is 7. The van der Waals surface area contributed by atoms with Crippen LogP contribution >= 0.6 is 11.6 Å². The van der Waals surface area contributed by atoms with E-state index < -0.39 is 0 Å². The minimum absolute atomic E-state index is 0.118. The molecule has 3 rings (SSSR count). The van der Waals surface area contributed by atoms with Gasteiger partial charge in [0.2, 0.25) is 0 Å². The number of pyridine rings is 1. The molecule has 0 N–H and O–H groups in total. The number of anilines is 1. The number of aromatic nitrogens is 1. The zero-order valence-corrected chi connectivity index (χ0v) is 16.6. The van der Waals surface area contributed by atoms with Gasteiger partial charge in [-0.2, -0.15) is 0 Å². The van der Waals surface area contributed by atoms with Gasteiger partial charge < -0.3 is 9.47 Å². The molecule has 0 fully saturated rings. The van der Waals surface area contributed by atoms with Crippen molar-refractivity contribution in [2.45, 2.75) is 26.3 Å². The molecule has 0 spiro atoms. The number of amides is 1. The van der Waals surface area contributed by atoms with Crippen LogP contribution in [0.5, 0.6) is 0 Å². The number of nitrogens with zero attached hydrogens (tertiary/aromatic N) is 2. The van der Waals surface area contributed by atoms with E-state index in [1.807, 2.05) is 48.5 Å². The first-order valence-electron chi connectivity index (χ1n) is 9.41. The van der Waals surface area contributed by atoms with E-state index in [-0.39, 0.29) is 11.5 Å². The fourth-order valence-corrected chi connectivity index (χ4v) is 3.21. The smallest absolute Gasteiger partial charge is 0.259 e. The van der Waals surface area contributed by atoms with Gasteiger partial charge in [-0.1, -0.05) is 61.3 Å². The summed E-state index contributed by atoms with van der Waals surface area (Å²) >= 11 is 6.23. The Kier molecular flexibility index (Phi) is 6.66. The average Bonchev–Trinajstić information content (AvgIpc) is 2.72. The second-order valence-corrected chi connectivity index (χ2v) is 7.03. The van der Waals surface area contributed by atoms with Crippen LogP contribution in [-0.4, -0.2) is 17.0 Å². The molecule has 1 aromatic heterocycles. The summed E-state index contributed by atoms with van der Waals surface area (Å²) in [4.78, 5) is 27.3. The highest BCUT2D eigenvalue weighted by Crippen LogP contribution is 2.19. The number of hydrogen-bond donors (Lipinski definition) is 0. The van der Waals surface area contributed by atoms with E-state index in [1.165, 1.54) is 10.6 Å². The van der Waals surface area contributed by atoms with E-state index in [0.29, 0.717) is 23.7 Å². The van der Waals surface area contributed by atoms with Gasteiger partial charge in [0.1, 0.15) is 0 Å². The van der Waals surface area contributed by atoms with Crippen LogP contribution in [0, 0.1) is 0 Å². The molecule has 28 heavy (non-hydrogen) atoms. The van der Waals surface area contributed by atoms with Crippen LogP contribution in [-0.2, 0) is 6.54 Å². The van der Waals surface area contributed by atoms with Crippen LogP contribution < -0.4 is 10.5 Å². The second kappa shape index (κ2) is 9.38. The van der Waals surface area contributed by atoms with Gasteiger partial charge in [-0.15, -0.1) is 0 Å².